The number of likely N-dealkylation sites (tertiary alicyclic amines) is 1. The smallest absolute Gasteiger partial charge is 0.300 e. The van der Waals surface area contributed by atoms with Crippen molar-refractivity contribution in [3.63, 3.8) is 0 Å². The lowest BCUT2D eigenvalue weighted by atomic mass is 10.00. The SMILES string of the molecule is CC(=O)O.Cc1ccccc1-n1ncc(C(=O)N2C[C@H]3[C@H](N(C)C)CS(=O)(=O)[C@H]3C2)c1C. The van der Waals surface area contributed by atoms with E-state index < -0.39 is 21.1 Å². The first-order valence-electron chi connectivity index (χ1n) is 10.4. The molecule has 32 heavy (non-hydrogen) atoms. The predicted molar refractivity (Wildman–Crippen MR) is 121 cm³/mol. The number of fused-ring (bicyclic) bond motifs is 1. The van der Waals surface area contributed by atoms with Crippen LogP contribution in [0.2, 0.25) is 0 Å². The zero-order valence-corrected chi connectivity index (χ0v) is 19.8. The topological polar surface area (TPSA) is 113 Å². The summed E-state index contributed by atoms with van der Waals surface area (Å²) in [4.78, 5) is 25.8. The number of hydrogen-bond donors (Lipinski definition) is 1. The van der Waals surface area contributed by atoms with Crippen molar-refractivity contribution in [2.45, 2.75) is 32.1 Å². The summed E-state index contributed by atoms with van der Waals surface area (Å²) in [6.07, 6.45) is 1.59. The number of sulfone groups is 1. The lowest BCUT2D eigenvalue weighted by molar-refractivity contribution is -0.134. The van der Waals surface area contributed by atoms with Crippen molar-refractivity contribution >= 4 is 21.7 Å². The average molecular weight is 463 g/mol. The Labute approximate surface area is 188 Å². The van der Waals surface area contributed by atoms with Crippen molar-refractivity contribution in [3.05, 3.63) is 47.3 Å². The fourth-order valence-corrected chi connectivity index (χ4v) is 7.04. The van der Waals surface area contributed by atoms with Crippen molar-refractivity contribution in [1.29, 1.82) is 0 Å². The number of amides is 1. The molecule has 0 radical (unpaired) electrons. The second-order valence-corrected chi connectivity index (χ2v) is 10.9. The molecule has 2 fully saturated rings. The van der Waals surface area contributed by atoms with Crippen LogP contribution in [0.3, 0.4) is 0 Å². The summed E-state index contributed by atoms with van der Waals surface area (Å²) < 4.78 is 26.9. The number of carbonyl (C=O) groups excluding carboxylic acids is 1. The minimum absolute atomic E-state index is 0.0318. The number of aryl methyl sites for hydroxylation is 1. The number of benzene rings is 1. The van der Waals surface area contributed by atoms with Gasteiger partial charge in [-0.05, 0) is 39.6 Å². The lowest BCUT2D eigenvalue weighted by Crippen LogP contribution is -2.38. The molecule has 4 rings (SSSR count). The summed E-state index contributed by atoms with van der Waals surface area (Å²) in [7, 11) is 0.636. The summed E-state index contributed by atoms with van der Waals surface area (Å²) >= 11 is 0. The van der Waals surface area contributed by atoms with E-state index in [-0.39, 0.29) is 30.2 Å². The molecule has 0 aliphatic carbocycles. The highest BCUT2D eigenvalue weighted by atomic mass is 32.2. The van der Waals surface area contributed by atoms with Gasteiger partial charge in [-0.15, -0.1) is 0 Å². The van der Waals surface area contributed by atoms with Crippen LogP contribution in [-0.4, -0.2) is 89.2 Å². The van der Waals surface area contributed by atoms with E-state index in [1.807, 2.05) is 57.1 Å². The number of carbonyl (C=O) groups is 2. The van der Waals surface area contributed by atoms with Crippen LogP contribution >= 0.6 is 0 Å². The van der Waals surface area contributed by atoms with Gasteiger partial charge in [0.2, 0.25) is 0 Å². The Balaban J connectivity index is 0.000000668. The highest BCUT2D eigenvalue weighted by Gasteiger charge is 2.53. The molecule has 0 saturated carbocycles. The van der Waals surface area contributed by atoms with Crippen molar-refractivity contribution in [3.8, 4) is 5.69 Å². The van der Waals surface area contributed by atoms with Gasteiger partial charge < -0.3 is 14.9 Å². The summed E-state index contributed by atoms with van der Waals surface area (Å²) in [5.41, 5.74) is 3.31. The maximum atomic E-state index is 13.2. The number of aliphatic carboxylic acids is 1. The number of para-hydroxylation sites is 1. The van der Waals surface area contributed by atoms with Crippen LogP contribution in [-0.2, 0) is 14.6 Å². The predicted octanol–water partition coefficient (Wildman–Crippen LogP) is 1.38. The van der Waals surface area contributed by atoms with Gasteiger partial charge in [0.1, 0.15) is 0 Å². The van der Waals surface area contributed by atoms with Gasteiger partial charge in [0.25, 0.3) is 11.9 Å². The first kappa shape index (κ1) is 23.9. The van der Waals surface area contributed by atoms with E-state index in [2.05, 4.69) is 5.10 Å². The summed E-state index contributed by atoms with van der Waals surface area (Å²) in [5, 5.41) is 11.4. The van der Waals surface area contributed by atoms with Gasteiger partial charge in [0.05, 0.1) is 34.1 Å². The van der Waals surface area contributed by atoms with E-state index >= 15 is 0 Å². The van der Waals surface area contributed by atoms with Gasteiger partial charge in [0.15, 0.2) is 9.84 Å². The zero-order chi connectivity index (χ0) is 23.8. The Morgan fingerprint density at radius 1 is 1.16 bits per heavy atom. The Morgan fingerprint density at radius 3 is 2.38 bits per heavy atom. The molecule has 9 nitrogen and oxygen atoms in total. The molecule has 2 aliphatic heterocycles. The third-order valence-electron chi connectivity index (χ3n) is 6.20. The van der Waals surface area contributed by atoms with Crippen molar-refractivity contribution in [2.24, 2.45) is 5.92 Å². The van der Waals surface area contributed by atoms with E-state index in [1.54, 1.807) is 15.8 Å². The zero-order valence-electron chi connectivity index (χ0n) is 19.0. The van der Waals surface area contributed by atoms with Crippen LogP contribution in [0.4, 0.5) is 0 Å². The molecule has 3 atom stereocenters. The van der Waals surface area contributed by atoms with Crippen LogP contribution in [0.25, 0.3) is 5.69 Å². The van der Waals surface area contributed by atoms with Gasteiger partial charge in [-0.25, -0.2) is 13.1 Å². The maximum absolute atomic E-state index is 13.2. The molecule has 1 aromatic heterocycles. The van der Waals surface area contributed by atoms with E-state index in [0.29, 0.717) is 12.1 Å². The number of nitrogens with zero attached hydrogens (tertiary/aromatic N) is 4. The molecular formula is C22H30N4O5S. The number of carboxylic acid groups (broad SMARTS) is 1. The fourth-order valence-electron chi connectivity index (χ4n) is 4.57. The third kappa shape index (κ3) is 4.56. The largest absolute Gasteiger partial charge is 0.481 e. The molecule has 0 bridgehead atoms. The highest BCUT2D eigenvalue weighted by molar-refractivity contribution is 7.92. The van der Waals surface area contributed by atoms with Gasteiger partial charge in [0, 0.05) is 32.0 Å². The summed E-state index contributed by atoms with van der Waals surface area (Å²) in [5.74, 6) is -0.822. The highest BCUT2D eigenvalue weighted by Crippen LogP contribution is 2.36. The average Bonchev–Trinajstić information content (AvgIpc) is 3.36. The van der Waals surface area contributed by atoms with Crippen molar-refractivity contribution in [2.75, 3.05) is 32.9 Å². The van der Waals surface area contributed by atoms with Gasteiger partial charge >= 0.3 is 0 Å². The van der Waals surface area contributed by atoms with Gasteiger partial charge in [-0.1, -0.05) is 18.2 Å². The lowest BCUT2D eigenvalue weighted by Gasteiger charge is -2.25. The van der Waals surface area contributed by atoms with Gasteiger partial charge in [-0.3, -0.25) is 9.59 Å². The molecule has 2 aromatic rings. The number of rotatable bonds is 3. The molecule has 3 heterocycles. The number of aromatic nitrogens is 2. The normalized spacial score (nSPS) is 23.6. The summed E-state index contributed by atoms with van der Waals surface area (Å²) in [6.45, 7) is 5.71. The van der Waals surface area contributed by atoms with Crippen LogP contribution < -0.4 is 0 Å². The molecule has 1 N–H and O–H groups in total. The quantitative estimate of drug-likeness (QED) is 0.733. The second kappa shape index (κ2) is 9.03. The Hall–Kier alpha value is -2.72. The molecule has 0 unspecified atom stereocenters. The Kier molecular flexibility index (Phi) is 6.75. The Bertz CT molecular complexity index is 1120. The molecule has 2 saturated heterocycles. The van der Waals surface area contributed by atoms with Crippen LogP contribution in [0.1, 0.15) is 28.5 Å². The molecule has 10 heteroatoms. The summed E-state index contributed by atoms with van der Waals surface area (Å²) in [6, 6.07) is 7.85. The van der Waals surface area contributed by atoms with Gasteiger partial charge in [-0.2, -0.15) is 5.10 Å². The third-order valence-corrected chi connectivity index (χ3v) is 8.43. The minimum Gasteiger partial charge on any atom is -0.481 e. The van der Waals surface area contributed by atoms with Crippen molar-refractivity contribution < 1.29 is 23.1 Å². The van der Waals surface area contributed by atoms with Crippen molar-refractivity contribution in [1.82, 2.24) is 19.6 Å². The van der Waals surface area contributed by atoms with E-state index in [0.717, 1.165) is 23.9 Å². The monoisotopic (exact) mass is 462 g/mol. The first-order chi connectivity index (χ1) is 14.9. The van der Waals surface area contributed by atoms with Crippen LogP contribution in [0.5, 0.6) is 0 Å². The molecular weight excluding hydrogens is 432 g/mol. The number of hydrogen-bond acceptors (Lipinski definition) is 6. The van der Waals surface area contributed by atoms with Crippen LogP contribution in [0.15, 0.2) is 30.5 Å². The molecule has 0 spiro atoms. The van der Waals surface area contributed by atoms with E-state index in [1.165, 1.54) is 0 Å². The molecule has 1 aromatic carbocycles. The molecule has 174 valence electrons. The first-order valence-corrected chi connectivity index (χ1v) is 12.1. The molecule has 2 aliphatic rings. The molecule has 1 amide bonds. The van der Waals surface area contributed by atoms with Crippen LogP contribution in [0, 0.1) is 19.8 Å². The maximum Gasteiger partial charge on any atom is 0.300 e. The minimum atomic E-state index is -3.18. The Morgan fingerprint density at radius 2 is 1.78 bits per heavy atom. The standard InChI is InChI=1S/C20H26N4O3S.C2H4O2/c1-13-7-5-6-8-17(13)24-14(2)15(9-21-24)20(25)23-10-16-18(22(3)4)12-28(26,27)19(16)11-23;1-2(3)4/h5-9,16,18-19H,10-12H2,1-4H3;1H3,(H,3,4)/t16-,18+,19-;/m0./s1. The van der Waals surface area contributed by atoms with E-state index in [4.69, 9.17) is 9.90 Å². The second-order valence-electron chi connectivity index (χ2n) is 8.63. The van der Waals surface area contributed by atoms with E-state index in [9.17, 15) is 13.2 Å². The fraction of sp³-hybridized carbons (Fsp3) is 0.500. The number of carboxylic acids is 1.